The molecule has 0 amide bonds. The van der Waals surface area contributed by atoms with Gasteiger partial charge < -0.3 is 27.1 Å². The topological polar surface area (TPSA) is 46.0 Å². The van der Waals surface area contributed by atoms with E-state index in [9.17, 15) is 0 Å². The number of nitrogens with zero attached hydrogens (tertiary/aromatic N) is 4. The molecule has 0 aliphatic heterocycles. The molecular weight excluding hydrogens is 1240 g/mol. The standard InChI is InChI=1S/2C48H30N2O/c1-4-14-31(15-5-1)33-24-34(32-16-6-2-7-17-32)26-36(25-33)50-43-22-12-10-20-37(43)39-27-40-41-29-48-42(38-21-11-13-23-47(38)51-48)28-44(41)49(46(40)30-45(39)50)35-18-8-3-9-19-35;1-3-12-31(13-4-1)32-22-24-33(25-23-32)34-14-11-17-36(26-34)50-43-20-9-7-18-37(43)39-27-40-41-29-48-42(38-19-8-10-21-47(38)51-48)28-44(41)49(46(40)30-45(39)50)35-15-5-2-6-16-35/h2*1-30H. The molecule has 0 bridgehead atoms. The predicted molar refractivity (Wildman–Crippen MR) is 427 cm³/mol. The Labute approximate surface area is 585 Å². The minimum absolute atomic E-state index is 0.907. The summed E-state index contributed by atoms with van der Waals surface area (Å²) < 4.78 is 22.6. The van der Waals surface area contributed by atoms with E-state index in [1.165, 1.54) is 115 Å². The van der Waals surface area contributed by atoms with Gasteiger partial charge in [-0.05, 0) is 172 Å². The molecule has 0 aliphatic rings. The second-order valence-electron chi connectivity index (χ2n) is 26.7. The van der Waals surface area contributed by atoms with Crippen LogP contribution in [0.1, 0.15) is 0 Å². The van der Waals surface area contributed by atoms with Crippen molar-refractivity contribution in [2.45, 2.75) is 0 Å². The first-order valence-corrected chi connectivity index (χ1v) is 34.9. The van der Waals surface area contributed by atoms with Gasteiger partial charge in [-0.15, -0.1) is 0 Å². The molecule has 0 saturated carbocycles. The lowest BCUT2D eigenvalue weighted by molar-refractivity contribution is 0.669. The van der Waals surface area contributed by atoms with Crippen molar-refractivity contribution in [2.24, 2.45) is 0 Å². The highest BCUT2D eigenvalue weighted by atomic mass is 16.3. The van der Waals surface area contributed by atoms with Gasteiger partial charge in [-0.1, -0.05) is 237 Å². The summed E-state index contributed by atoms with van der Waals surface area (Å²) in [5.41, 5.74) is 27.1. The number of aromatic nitrogens is 4. The van der Waals surface area contributed by atoms with Crippen molar-refractivity contribution < 1.29 is 8.83 Å². The van der Waals surface area contributed by atoms with Gasteiger partial charge in [-0.3, -0.25) is 0 Å². The average Bonchev–Trinajstić information content (AvgIpc) is 1.55. The maximum atomic E-state index is 6.43. The first-order valence-electron chi connectivity index (χ1n) is 34.9. The number of rotatable bonds is 8. The molecule has 102 heavy (non-hydrogen) atoms. The highest BCUT2D eigenvalue weighted by Crippen LogP contribution is 2.46. The third kappa shape index (κ3) is 9.13. The molecule has 0 unspecified atom stereocenters. The Morgan fingerprint density at radius 1 is 0.137 bits per heavy atom. The summed E-state index contributed by atoms with van der Waals surface area (Å²) in [5.74, 6) is 0. The third-order valence-electron chi connectivity index (χ3n) is 21.0. The Morgan fingerprint density at radius 2 is 0.441 bits per heavy atom. The van der Waals surface area contributed by atoms with Crippen molar-refractivity contribution in [1.29, 1.82) is 0 Å². The van der Waals surface area contributed by atoms with Crippen LogP contribution in [0.2, 0.25) is 0 Å². The number of fused-ring (bicyclic) bond motifs is 18. The van der Waals surface area contributed by atoms with Gasteiger partial charge in [0, 0.05) is 87.4 Å². The van der Waals surface area contributed by atoms with Crippen LogP contribution in [0, 0.1) is 0 Å². The molecule has 0 saturated heterocycles. The molecule has 0 radical (unpaired) electrons. The molecule has 22 rings (SSSR count). The van der Waals surface area contributed by atoms with Gasteiger partial charge in [-0.25, -0.2) is 0 Å². The zero-order valence-electron chi connectivity index (χ0n) is 55.2. The van der Waals surface area contributed by atoms with Crippen LogP contribution in [0.15, 0.2) is 373 Å². The minimum Gasteiger partial charge on any atom is -0.456 e. The lowest BCUT2D eigenvalue weighted by Crippen LogP contribution is -1.97. The van der Waals surface area contributed by atoms with E-state index in [0.717, 1.165) is 83.2 Å². The summed E-state index contributed by atoms with van der Waals surface area (Å²) in [7, 11) is 0. The fourth-order valence-electron chi connectivity index (χ4n) is 16.3. The summed E-state index contributed by atoms with van der Waals surface area (Å²) in [6.07, 6.45) is 0. The Kier molecular flexibility index (Phi) is 12.9. The molecule has 6 heterocycles. The van der Waals surface area contributed by atoms with Gasteiger partial charge in [0.05, 0.1) is 44.1 Å². The summed E-state index contributed by atoms with van der Waals surface area (Å²) in [6, 6.07) is 131. The molecule has 0 spiro atoms. The van der Waals surface area contributed by atoms with Crippen LogP contribution in [0.3, 0.4) is 0 Å². The molecule has 476 valence electrons. The lowest BCUT2D eigenvalue weighted by atomic mass is 9.98. The van der Waals surface area contributed by atoms with Crippen molar-refractivity contribution in [3.05, 3.63) is 364 Å². The summed E-state index contributed by atoms with van der Waals surface area (Å²) in [5, 5.41) is 14.2. The lowest BCUT2D eigenvalue weighted by Gasteiger charge is -2.14. The quantitative estimate of drug-likeness (QED) is 0.152. The monoisotopic (exact) mass is 1300 g/mol. The first-order chi connectivity index (χ1) is 50.6. The van der Waals surface area contributed by atoms with Gasteiger partial charge >= 0.3 is 0 Å². The van der Waals surface area contributed by atoms with Gasteiger partial charge in [0.15, 0.2) is 0 Å². The number of benzene rings is 16. The van der Waals surface area contributed by atoms with E-state index in [4.69, 9.17) is 8.83 Å². The summed E-state index contributed by atoms with van der Waals surface area (Å²) in [6.45, 7) is 0. The van der Waals surface area contributed by atoms with E-state index in [-0.39, 0.29) is 0 Å². The Bertz CT molecular complexity index is 7020. The molecular formula is C96H60N4O2. The van der Waals surface area contributed by atoms with Crippen molar-refractivity contribution >= 4 is 131 Å². The average molecular weight is 1300 g/mol. The maximum Gasteiger partial charge on any atom is 0.136 e. The zero-order chi connectivity index (χ0) is 66.9. The number of hydrogen-bond donors (Lipinski definition) is 0. The highest BCUT2D eigenvalue weighted by Gasteiger charge is 2.24. The molecule has 0 N–H and O–H groups in total. The van der Waals surface area contributed by atoms with E-state index in [2.05, 4.69) is 370 Å². The molecule has 6 aromatic heterocycles. The fourth-order valence-corrected chi connectivity index (χ4v) is 16.3. The molecule has 0 atom stereocenters. The van der Waals surface area contributed by atoms with Crippen molar-refractivity contribution in [3.63, 3.8) is 0 Å². The van der Waals surface area contributed by atoms with Crippen LogP contribution >= 0.6 is 0 Å². The van der Waals surface area contributed by atoms with E-state index < -0.39 is 0 Å². The second-order valence-corrected chi connectivity index (χ2v) is 26.7. The van der Waals surface area contributed by atoms with Crippen LogP contribution in [-0.2, 0) is 0 Å². The minimum atomic E-state index is 0.907. The second kappa shape index (κ2) is 23.0. The van der Waals surface area contributed by atoms with Crippen molar-refractivity contribution in [1.82, 2.24) is 18.3 Å². The molecule has 6 heteroatoms. The van der Waals surface area contributed by atoms with Gasteiger partial charge in [0.25, 0.3) is 0 Å². The van der Waals surface area contributed by atoms with Crippen LogP contribution in [-0.4, -0.2) is 18.3 Å². The molecule has 16 aromatic carbocycles. The maximum absolute atomic E-state index is 6.43. The van der Waals surface area contributed by atoms with Crippen LogP contribution in [0.5, 0.6) is 0 Å². The Hall–Kier alpha value is -13.7. The molecule has 0 fully saturated rings. The normalized spacial score (nSPS) is 11.9. The van der Waals surface area contributed by atoms with Gasteiger partial charge in [0.1, 0.15) is 22.3 Å². The van der Waals surface area contributed by atoms with Gasteiger partial charge in [-0.2, -0.15) is 0 Å². The number of furan rings is 2. The first kappa shape index (κ1) is 57.4. The number of para-hydroxylation sites is 6. The van der Waals surface area contributed by atoms with E-state index in [1.54, 1.807) is 0 Å². The number of hydrogen-bond acceptors (Lipinski definition) is 2. The van der Waals surface area contributed by atoms with Crippen LogP contribution in [0.25, 0.3) is 198 Å². The molecule has 0 aliphatic carbocycles. The largest absolute Gasteiger partial charge is 0.456 e. The van der Waals surface area contributed by atoms with Crippen LogP contribution < -0.4 is 0 Å². The predicted octanol–water partition coefficient (Wildman–Crippen LogP) is 26.2. The van der Waals surface area contributed by atoms with Crippen molar-refractivity contribution in [2.75, 3.05) is 0 Å². The SMILES string of the molecule is c1ccc(-c2cc(-c3ccccc3)cc(-n3c4ccccc4c4cc5c6cc7oc8ccccc8c7cc6n(-c6ccccc6)c5cc43)c2)cc1.c1ccc(-c2ccc(-c3cccc(-n4c5ccccc5c5cc6c7cc8oc9ccccc9c8cc7n(-c7ccccc7)c6cc54)c3)cc2)cc1. The Morgan fingerprint density at radius 3 is 0.902 bits per heavy atom. The summed E-state index contributed by atoms with van der Waals surface area (Å²) >= 11 is 0. The molecule has 6 nitrogen and oxygen atoms in total. The third-order valence-corrected chi connectivity index (χ3v) is 21.0. The van der Waals surface area contributed by atoms with E-state index in [1.807, 2.05) is 12.1 Å². The highest BCUT2D eigenvalue weighted by molar-refractivity contribution is 6.24. The molecule has 22 aromatic rings. The van der Waals surface area contributed by atoms with Crippen molar-refractivity contribution in [3.8, 4) is 67.3 Å². The fraction of sp³-hybridized carbons (Fsp3) is 0. The van der Waals surface area contributed by atoms with Gasteiger partial charge in [0.2, 0.25) is 0 Å². The zero-order valence-corrected chi connectivity index (χ0v) is 55.2. The Balaban J connectivity index is 0.000000133. The van der Waals surface area contributed by atoms with E-state index in [0.29, 0.717) is 0 Å². The van der Waals surface area contributed by atoms with E-state index >= 15 is 0 Å². The van der Waals surface area contributed by atoms with Crippen LogP contribution in [0.4, 0.5) is 0 Å². The summed E-state index contributed by atoms with van der Waals surface area (Å²) in [4.78, 5) is 0. The smallest absolute Gasteiger partial charge is 0.136 e.